The van der Waals surface area contributed by atoms with Crippen molar-refractivity contribution in [1.82, 2.24) is 0 Å². The van der Waals surface area contributed by atoms with Crippen LogP contribution in [-0.4, -0.2) is 23.1 Å². The zero-order valence-corrected chi connectivity index (χ0v) is 32.6. The molecule has 0 aromatic heterocycles. The van der Waals surface area contributed by atoms with Gasteiger partial charge in [-0.2, -0.15) is 0 Å². The second-order valence-electron chi connectivity index (χ2n) is 14.9. The normalized spacial score (nSPS) is 12.2. The predicted molar refractivity (Wildman–Crippen MR) is 209 cm³/mol. The van der Waals surface area contributed by atoms with Crippen molar-refractivity contribution < 1.29 is 19.4 Å². The number of hydrogen-bond donors (Lipinski definition) is 1. The molecule has 0 aromatic carbocycles. The lowest BCUT2D eigenvalue weighted by Gasteiger charge is -2.18. The van der Waals surface area contributed by atoms with Gasteiger partial charge in [0.15, 0.2) is 0 Å². The van der Waals surface area contributed by atoms with Crippen molar-refractivity contribution in [2.75, 3.05) is 0 Å². The summed E-state index contributed by atoms with van der Waals surface area (Å²) < 4.78 is 6.04. The molecular formula is C44H84O4. The van der Waals surface area contributed by atoms with Crippen molar-refractivity contribution in [3.8, 4) is 0 Å². The first-order chi connectivity index (χ1) is 23.6. The fraction of sp³-hybridized carbons (Fsp3) is 0.909. The van der Waals surface area contributed by atoms with E-state index in [1.54, 1.807) is 0 Å². The number of rotatable bonds is 40. The summed E-state index contributed by atoms with van der Waals surface area (Å²) in [6.07, 6.45) is 49.8. The van der Waals surface area contributed by atoms with E-state index in [2.05, 4.69) is 26.0 Å². The first-order valence-electron chi connectivity index (χ1n) is 21.7. The lowest BCUT2D eigenvalue weighted by atomic mass is 10.0. The fourth-order valence-corrected chi connectivity index (χ4v) is 6.77. The molecule has 0 aliphatic heterocycles. The summed E-state index contributed by atoms with van der Waals surface area (Å²) in [4.78, 5) is 23.2. The van der Waals surface area contributed by atoms with Gasteiger partial charge in [-0.1, -0.05) is 187 Å². The minimum atomic E-state index is -0.666. The number of ether oxygens (including phenoxy) is 1. The molecule has 0 radical (unpaired) electrons. The Morgan fingerprint density at radius 2 is 0.750 bits per heavy atom. The molecule has 0 amide bonds. The predicted octanol–water partition coefficient (Wildman–Crippen LogP) is 15.0. The standard InChI is InChI=1S/C44H84O4/c1-3-5-7-9-10-11-12-13-14-15-16-20-23-26-29-33-37-41-44(47)48-42(38-34-30-8-6-4-2)39-35-31-27-24-21-18-17-19-22-25-28-32-36-40-43(45)46/h13-14,42H,3-12,15-41H2,1-2H3,(H,45,46)/b14-13-. The quantitative estimate of drug-likeness (QED) is 0.0398. The number of esters is 1. The van der Waals surface area contributed by atoms with Gasteiger partial charge in [-0.3, -0.25) is 9.59 Å². The van der Waals surface area contributed by atoms with Crippen LogP contribution in [0.4, 0.5) is 0 Å². The Balaban J connectivity index is 3.82. The molecule has 0 fully saturated rings. The third-order valence-electron chi connectivity index (χ3n) is 9.99. The van der Waals surface area contributed by atoms with Crippen LogP contribution in [-0.2, 0) is 14.3 Å². The zero-order valence-electron chi connectivity index (χ0n) is 32.6. The van der Waals surface area contributed by atoms with Crippen LogP contribution in [0, 0.1) is 0 Å². The van der Waals surface area contributed by atoms with Crippen molar-refractivity contribution >= 4 is 11.9 Å². The number of aliphatic carboxylic acids is 1. The van der Waals surface area contributed by atoms with E-state index in [1.165, 1.54) is 186 Å². The highest BCUT2D eigenvalue weighted by atomic mass is 16.5. The van der Waals surface area contributed by atoms with Gasteiger partial charge in [0.2, 0.25) is 0 Å². The summed E-state index contributed by atoms with van der Waals surface area (Å²) in [6.45, 7) is 4.54. The van der Waals surface area contributed by atoms with Crippen LogP contribution < -0.4 is 0 Å². The molecular weight excluding hydrogens is 592 g/mol. The second kappa shape index (κ2) is 40.1. The smallest absolute Gasteiger partial charge is 0.306 e. The third kappa shape index (κ3) is 39.1. The lowest BCUT2D eigenvalue weighted by molar-refractivity contribution is -0.150. The fourth-order valence-electron chi connectivity index (χ4n) is 6.77. The topological polar surface area (TPSA) is 63.6 Å². The Bertz CT molecular complexity index is 687. The minimum Gasteiger partial charge on any atom is -0.481 e. The SMILES string of the molecule is CCCCCCCC/C=C\CCCCCCCCCC(=O)OC(CCCCCCC)CCCCCCCCCCCCCCCC(=O)O. The van der Waals surface area contributed by atoms with Gasteiger partial charge in [-0.25, -0.2) is 0 Å². The Labute approximate surface area is 300 Å². The molecule has 284 valence electrons. The van der Waals surface area contributed by atoms with E-state index in [0.717, 1.165) is 38.5 Å². The summed E-state index contributed by atoms with van der Waals surface area (Å²) in [6, 6.07) is 0. The van der Waals surface area contributed by atoms with Gasteiger partial charge >= 0.3 is 11.9 Å². The van der Waals surface area contributed by atoms with E-state index in [-0.39, 0.29) is 12.1 Å². The van der Waals surface area contributed by atoms with Crippen LogP contribution >= 0.6 is 0 Å². The Morgan fingerprint density at radius 3 is 1.12 bits per heavy atom. The number of unbranched alkanes of at least 4 members (excludes halogenated alkanes) is 29. The van der Waals surface area contributed by atoms with Crippen molar-refractivity contribution in [1.29, 1.82) is 0 Å². The number of carboxylic acid groups (broad SMARTS) is 1. The first kappa shape index (κ1) is 46.7. The number of carboxylic acids is 1. The maximum absolute atomic E-state index is 12.7. The van der Waals surface area contributed by atoms with Crippen LogP contribution in [0.2, 0.25) is 0 Å². The molecule has 0 saturated carbocycles. The highest BCUT2D eigenvalue weighted by Crippen LogP contribution is 2.19. The summed E-state index contributed by atoms with van der Waals surface area (Å²) in [5, 5.41) is 8.69. The van der Waals surface area contributed by atoms with Crippen LogP contribution in [0.25, 0.3) is 0 Å². The average Bonchev–Trinajstić information content (AvgIpc) is 3.07. The molecule has 0 aliphatic rings. The van der Waals surface area contributed by atoms with Crippen LogP contribution in [0.15, 0.2) is 12.2 Å². The third-order valence-corrected chi connectivity index (χ3v) is 9.99. The molecule has 0 rings (SSSR count). The van der Waals surface area contributed by atoms with Gasteiger partial charge in [-0.05, 0) is 64.2 Å². The summed E-state index contributed by atoms with van der Waals surface area (Å²) in [5.74, 6) is -0.623. The van der Waals surface area contributed by atoms with E-state index in [4.69, 9.17) is 9.84 Å². The Morgan fingerprint density at radius 1 is 0.438 bits per heavy atom. The molecule has 0 bridgehead atoms. The number of allylic oxidation sites excluding steroid dienone is 2. The molecule has 1 N–H and O–H groups in total. The Hall–Kier alpha value is -1.32. The summed E-state index contributed by atoms with van der Waals surface area (Å²) >= 11 is 0. The molecule has 0 aliphatic carbocycles. The Kier molecular flexibility index (Phi) is 39.0. The first-order valence-corrected chi connectivity index (χ1v) is 21.7. The molecule has 1 atom stereocenters. The largest absolute Gasteiger partial charge is 0.481 e. The van der Waals surface area contributed by atoms with Gasteiger partial charge in [0, 0.05) is 12.8 Å². The van der Waals surface area contributed by atoms with E-state index in [1.807, 2.05) is 0 Å². The van der Waals surface area contributed by atoms with E-state index in [9.17, 15) is 9.59 Å². The highest BCUT2D eigenvalue weighted by Gasteiger charge is 2.14. The minimum absolute atomic E-state index is 0.0431. The van der Waals surface area contributed by atoms with Crippen molar-refractivity contribution in [3.63, 3.8) is 0 Å². The summed E-state index contributed by atoms with van der Waals surface area (Å²) in [5.41, 5.74) is 0. The van der Waals surface area contributed by atoms with Gasteiger partial charge in [0.1, 0.15) is 6.10 Å². The monoisotopic (exact) mass is 677 g/mol. The summed E-state index contributed by atoms with van der Waals surface area (Å²) in [7, 11) is 0. The van der Waals surface area contributed by atoms with Crippen LogP contribution in [0.5, 0.6) is 0 Å². The van der Waals surface area contributed by atoms with E-state index < -0.39 is 5.97 Å². The van der Waals surface area contributed by atoms with Crippen molar-refractivity contribution in [2.45, 2.75) is 258 Å². The maximum Gasteiger partial charge on any atom is 0.306 e. The van der Waals surface area contributed by atoms with Crippen molar-refractivity contribution in [3.05, 3.63) is 12.2 Å². The van der Waals surface area contributed by atoms with Crippen molar-refractivity contribution in [2.24, 2.45) is 0 Å². The van der Waals surface area contributed by atoms with Crippen LogP contribution in [0.3, 0.4) is 0 Å². The second-order valence-corrected chi connectivity index (χ2v) is 14.9. The van der Waals surface area contributed by atoms with Gasteiger partial charge in [0.25, 0.3) is 0 Å². The van der Waals surface area contributed by atoms with E-state index in [0.29, 0.717) is 12.8 Å². The number of hydrogen-bond acceptors (Lipinski definition) is 3. The number of carbonyl (C=O) groups excluding carboxylic acids is 1. The average molecular weight is 677 g/mol. The van der Waals surface area contributed by atoms with Gasteiger partial charge in [-0.15, -0.1) is 0 Å². The lowest BCUT2D eigenvalue weighted by Crippen LogP contribution is -2.18. The van der Waals surface area contributed by atoms with Gasteiger partial charge < -0.3 is 9.84 Å². The molecule has 4 heteroatoms. The maximum atomic E-state index is 12.7. The molecule has 4 nitrogen and oxygen atoms in total. The molecule has 0 aromatic rings. The molecule has 48 heavy (non-hydrogen) atoms. The van der Waals surface area contributed by atoms with E-state index >= 15 is 0 Å². The molecule has 0 saturated heterocycles. The molecule has 1 unspecified atom stereocenters. The highest BCUT2D eigenvalue weighted by molar-refractivity contribution is 5.69. The molecule has 0 spiro atoms. The zero-order chi connectivity index (χ0) is 35.0. The number of carbonyl (C=O) groups is 2. The van der Waals surface area contributed by atoms with Gasteiger partial charge in [0.05, 0.1) is 0 Å². The van der Waals surface area contributed by atoms with Crippen LogP contribution in [0.1, 0.15) is 251 Å². The molecule has 0 heterocycles.